The molecule has 1 aliphatic carbocycles. The Balaban J connectivity index is 1.84. The third kappa shape index (κ3) is 3.39. The highest BCUT2D eigenvalue weighted by atomic mass is 35.5. The quantitative estimate of drug-likeness (QED) is 0.732. The minimum atomic E-state index is 0.667. The van der Waals surface area contributed by atoms with Crippen LogP contribution in [-0.2, 0) is 5.75 Å². The molecular weight excluding hydrogens is 226 g/mol. The van der Waals surface area contributed by atoms with Crippen LogP contribution in [0.1, 0.15) is 37.7 Å². The molecule has 1 aliphatic rings. The molecule has 1 aromatic heterocycles. The molecule has 15 heavy (non-hydrogen) atoms. The van der Waals surface area contributed by atoms with Gasteiger partial charge in [0.2, 0.25) is 0 Å². The van der Waals surface area contributed by atoms with Gasteiger partial charge in [-0.2, -0.15) is 11.8 Å². The average Bonchev–Trinajstić information content (AvgIpc) is 2.29. The first-order valence-corrected chi connectivity index (χ1v) is 7.00. The normalized spacial score (nSPS) is 17.9. The summed E-state index contributed by atoms with van der Waals surface area (Å²) in [6, 6.07) is 4.04. The van der Waals surface area contributed by atoms with E-state index in [0.29, 0.717) is 5.15 Å². The second-order valence-electron chi connectivity index (χ2n) is 4.02. The van der Waals surface area contributed by atoms with Crippen LogP contribution >= 0.6 is 23.4 Å². The zero-order chi connectivity index (χ0) is 10.5. The lowest BCUT2D eigenvalue weighted by Crippen LogP contribution is -2.08. The van der Waals surface area contributed by atoms with Crippen LogP contribution < -0.4 is 0 Å². The van der Waals surface area contributed by atoms with E-state index in [2.05, 4.69) is 11.1 Å². The molecule has 1 saturated carbocycles. The summed E-state index contributed by atoms with van der Waals surface area (Å²) in [5.74, 6) is 1.01. The van der Waals surface area contributed by atoms with Crippen molar-refractivity contribution < 1.29 is 0 Å². The molecule has 0 aliphatic heterocycles. The van der Waals surface area contributed by atoms with Gasteiger partial charge in [-0.3, -0.25) is 0 Å². The van der Waals surface area contributed by atoms with Crippen LogP contribution in [0.2, 0.25) is 5.15 Å². The number of thioether (sulfide) groups is 1. The summed E-state index contributed by atoms with van der Waals surface area (Å²) in [5, 5.41) is 1.51. The molecule has 0 atom stereocenters. The van der Waals surface area contributed by atoms with E-state index >= 15 is 0 Å². The minimum absolute atomic E-state index is 0.667. The average molecular weight is 242 g/mol. The summed E-state index contributed by atoms with van der Waals surface area (Å²) in [6.45, 7) is 0. The Kier molecular flexibility index (Phi) is 4.33. The molecule has 0 radical (unpaired) electrons. The minimum Gasteiger partial charge on any atom is -0.244 e. The van der Waals surface area contributed by atoms with Crippen LogP contribution in [0.15, 0.2) is 18.3 Å². The van der Waals surface area contributed by atoms with Crippen molar-refractivity contribution in [2.75, 3.05) is 0 Å². The van der Waals surface area contributed by atoms with Crippen molar-refractivity contribution in [2.24, 2.45) is 0 Å². The molecule has 1 aromatic rings. The first-order chi connectivity index (χ1) is 7.36. The van der Waals surface area contributed by atoms with Gasteiger partial charge >= 0.3 is 0 Å². The lowest BCUT2D eigenvalue weighted by Gasteiger charge is -2.20. The van der Waals surface area contributed by atoms with Gasteiger partial charge in [-0.05, 0) is 24.5 Å². The van der Waals surface area contributed by atoms with E-state index in [0.717, 1.165) is 11.0 Å². The molecule has 0 aromatic carbocycles. The Labute approximate surface area is 101 Å². The SMILES string of the molecule is Clc1ncccc1CSC1CCCCC1. The molecular formula is C12H16ClNS. The number of hydrogen-bond acceptors (Lipinski definition) is 2. The fourth-order valence-corrected chi connectivity index (χ4v) is 3.55. The first kappa shape index (κ1) is 11.3. The first-order valence-electron chi connectivity index (χ1n) is 5.57. The highest BCUT2D eigenvalue weighted by Crippen LogP contribution is 2.31. The van der Waals surface area contributed by atoms with E-state index in [1.165, 1.54) is 37.7 Å². The fourth-order valence-electron chi connectivity index (χ4n) is 1.97. The Hall–Kier alpha value is -0.210. The molecule has 0 unspecified atom stereocenters. The predicted octanol–water partition coefficient (Wildman–Crippen LogP) is 4.30. The maximum atomic E-state index is 6.02. The van der Waals surface area contributed by atoms with Crippen molar-refractivity contribution in [3.05, 3.63) is 29.0 Å². The van der Waals surface area contributed by atoms with Crippen LogP contribution in [0.3, 0.4) is 0 Å². The number of pyridine rings is 1. The maximum absolute atomic E-state index is 6.02. The monoisotopic (exact) mass is 241 g/mol. The van der Waals surface area contributed by atoms with Crippen molar-refractivity contribution in [3.63, 3.8) is 0 Å². The molecule has 1 fully saturated rings. The molecule has 82 valence electrons. The Bertz CT molecular complexity index is 310. The second kappa shape index (κ2) is 5.76. The molecule has 0 N–H and O–H groups in total. The topological polar surface area (TPSA) is 12.9 Å². The lowest BCUT2D eigenvalue weighted by molar-refractivity contribution is 0.516. The van der Waals surface area contributed by atoms with Crippen LogP contribution in [0.4, 0.5) is 0 Å². The highest BCUT2D eigenvalue weighted by Gasteiger charge is 2.14. The maximum Gasteiger partial charge on any atom is 0.133 e. The van der Waals surface area contributed by atoms with Gasteiger partial charge in [-0.1, -0.05) is 36.9 Å². The van der Waals surface area contributed by atoms with Crippen molar-refractivity contribution in [2.45, 2.75) is 43.1 Å². The Morgan fingerprint density at radius 2 is 2.13 bits per heavy atom. The molecule has 0 amide bonds. The van der Waals surface area contributed by atoms with Crippen LogP contribution in [0, 0.1) is 0 Å². The van der Waals surface area contributed by atoms with E-state index in [4.69, 9.17) is 11.6 Å². The van der Waals surface area contributed by atoms with E-state index in [1.807, 2.05) is 17.8 Å². The van der Waals surface area contributed by atoms with Gasteiger partial charge in [-0.15, -0.1) is 0 Å². The van der Waals surface area contributed by atoms with Crippen molar-refractivity contribution in [1.82, 2.24) is 4.98 Å². The van der Waals surface area contributed by atoms with E-state index in [1.54, 1.807) is 6.20 Å². The second-order valence-corrected chi connectivity index (χ2v) is 5.67. The summed E-state index contributed by atoms with van der Waals surface area (Å²) in [5.41, 5.74) is 1.18. The molecule has 2 rings (SSSR count). The number of aromatic nitrogens is 1. The number of rotatable bonds is 3. The number of halogens is 1. The molecule has 0 bridgehead atoms. The zero-order valence-electron chi connectivity index (χ0n) is 8.79. The van der Waals surface area contributed by atoms with Crippen LogP contribution in [0.25, 0.3) is 0 Å². The molecule has 1 nitrogen and oxygen atoms in total. The summed E-state index contributed by atoms with van der Waals surface area (Å²) in [7, 11) is 0. The summed E-state index contributed by atoms with van der Waals surface area (Å²) in [4.78, 5) is 4.09. The van der Waals surface area contributed by atoms with Crippen LogP contribution in [-0.4, -0.2) is 10.2 Å². The fraction of sp³-hybridized carbons (Fsp3) is 0.583. The standard InChI is InChI=1S/C12H16ClNS/c13-12-10(5-4-8-14-12)9-15-11-6-2-1-3-7-11/h4-5,8,11H,1-3,6-7,9H2. The van der Waals surface area contributed by atoms with Crippen molar-refractivity contribution >= 4 is 23.4 Å². The van der Waals surface area contributed by atoms with Crippen LogP contribution in [0.5, 0.6) is 0 Å². The van der Waals surface area contributed by atoms with E-state index < -0.39 is 0 Å². The lowest BCUT2D eigenvalue weighted by atomic mass is 10.0. The third-order valence-corrected chi connectivity index (χ3v) is 4.62. The zero-order valence-corrected chi connectivity index (χ0v) is 10.4. The van der Waals surface area contributed by atoms with E-state index in [9.17, 15) is 0 Å². The van der Waals surface area contributed by atoms with Gasteiger partial charge in [0.25, 0.3) is 0 Å². The summed E-state index contributed by atoms with van der Waals surface area (Å²) < 4.78 is 0. The van der Waals surface area contributed by atoms with E-state index in [-0.39, 0.29) is 0 Å². The summed E-state index contributed by atoms with van der Waals surface area (Å²) in [6.07, 6.45) is 8.73. The van der Waals surface area contributed by atoms with Crippen molar-refractivity contribution in [3.8, 4) is 0 Å². The van der Waals surface area contributed by atoms with Gasteiger partial charge in [0, 0.05) is 17.2 Å². The molecule has 3 heteroatoms. The number of hydrogen-bond donors (Lipinski definition) is 0. The van der Waals surface area contributed by atoms with Gasteiger partial charge in [-0.25, -0.2) is 4.98 Å². The van der Waals surface area contributed by atoms with Crippen molar-refractivity contribution in [1.29, 1.82) is 0 Å². The largest absolute Gasteiger partial charge is 0.244 e. The van der Waals surface area contributed by atoms with Gasteiger partial charge in [0.05, 0.1) is 0 Å². The van der Waals surface area contributed by atoms with Gasteiger partial charge in [0.1, 0.15) is 5.15 Å². The Morgan fingerprint density at radius 3 is 2.87 bits per heavy atom. The molecule has 0 spiro atoms. The third-order valence-electron chi connectivity index (χ3n) is 2.86. The van der Waals surface area contributed by atoms with Gasteiger partial charge in [0.15, 0.2) is 0 Å². The summed E-state index contributed by atoms with van der Waals surface area (Å²) >= 11 is 8.06. The number of nitrogens with zero attached hydrogens (tertiary/aromatic N) is 1. The molecule has 1 heterocycles. The Morgan fingerprint density at radius 1 is 1.33 bits per heavy atom. The predicted molar refractivity (Wildman–Crippen MR) is 67.4 cm³/mol. The van der Waals surface area contributed by atoms with Gasteiger partial charge < -0.3 is 0 Å². The molecule has 0 saturated heterocycles. The smallest absolute Gasteiger partial charge is 0.133 e. The highest BCUT2D eigenvalue weighted by molar-refractivity contribution is 7.99.